The van der Waals surface area contributed by atoms with Gasteiger partial charge in [-0.1, -0.05) is 17.7 Å². The lowest BCUT2D eigenvalue weighted by Gasteiger charge is -2.31. The Morgan fingerprint density at radius 1 is 1.00 bits per heavy atom. The summed E-state index contributed by atoms with van der Waals surface area (Å²) >= 11 is 5.90. The van der Waals surface area contributed by atoms with Gasteiger partial charge >= 0.3 is 6.03 Å². The van der Waals surface area contributed by atoms with Gasteiger partial charge in [0, 0.05) is 38.4 Å². The molecule has 10 nitrogen and oxygen atoms in total. The van der Waals surface area contributed by atoms with E-state index in [1.165, 1.54) is 23.1 Å². The van der Waals surface area contributed by atoms with Crippen molar-refractivity contribution in [2.24, 2.45) is 0 Å². The minimum Gasteiger partial charge on any atom is -0.467 e. The van der Waals surface area contributed by atoms with Gasteiger partial charge in [-0.3, -0.25) is 9.69 Å². The molecule has 40 heavy (non-hydrogen) atoms. The van der Waals surface area contributed by atoms with Gasteiger partial charge in [0.2, 0.25) is 12.7 Å². The molecule has 12 heteroatoms. The molecule has 3 heterocycles. The van der Waals surface area contributed by atoms with Crippen LogP contribution in [0.1, 0.15) is 11.3 Å². The van der Waals surface area contributed by atoms with Crippen LogP contribution in [0.25, 0.3) is 0 Å². The highest BCUT2D eigenvalue weighted by molar-refractivity contribution is 6.31. The molecule has 0 bridgehead atoms. The number of halogens is 2. The summed E-state index contributed by atoms with van der Waals surface area (Å²) in [5.74, 6) is 1.02. The Balaban J connectivity index is 1.32. The van der Waals surface area contributed by atoms with Gasteiger partial charge in [0.1, 0.15) is 18.1 Å². The molecule has 3 aromatic rings. The lowest BCUT2D eigenvalue weighted by Crippen LogP contribution is -2.48. The number of carbonyl (C=O) groups excluding carboxylic acids is 2. The van der Waals surface area contributed by atoms with E-state index in [1.54, 1.807) is 23.3 Å². The SMILES string of the molecule is O=C(CN(CCN1CCOCC1)C(=O)Nc1ccc(F)c(Cl)c1)N(Cc1ccc2c(c1)OCO2)Cc1ccco1. The molecule has 212 valence electrons. The van der Waals surface area contributed by atoms with Crippen LogP contribution in [0.5, 0.6) is 11.5 Å². The zero-order valence-electron chi connectivity index (χ0n) is 21.8. The number of benzene rings is 2. The van der Waals surface area contributed by atoms with Gasteiger partial charge in [0.15, 0.2) is 11.5 Å². The number of fused-ring (bicyclic) bond motifs is 1. The maximum atomic E-state index is 13.7. The highest BCUT2D eigenvalue weighted by Crippen LogP contribution is 2.33. The van der Waals surface area contributed by atoms with Crippen LogP contribution in [0.3, 0.4) is 0 Å². The monoisotopic (exact) mass is 572 g/mol. The van der Waals surface area contributed by atoms with Gasteiger partial charge < -0.3 is 33.7 Å². The smallest absolute Gasteiger partial charge is 0.322 e. The van der Waals surface area contributed by atoms with Crippen LogP contribution in [0, 0.1) is 5.82 Å². The van der Waals surface area contributed by atoms with E-state index >= 15 is 0 Å². The standard InChI is InChI=1S/C28H30ClFN4O6/c29-23-15-21(4-5-24(23)30)31-28(36)33(8-7-32-9-12-37-13-10-32)18-27(35)34(17-22-2-1-11-38-22)16-20-3-6-25-26(14-20)40-19-39-25/h1-6,11,14-15H,7-10,12-13,16-19H2,(H,31,36). The number of furan rings is 1. The molecule has 2 aliphatic rings. The Hall–Kier alpha value is -3.80. The summed E-state index contributed by atoms with van der Waals surface area (Å²) in [5.41, 5.74) is 1.17. The Morgan fingerprint density at radius 2 is 1.82 bits per heavy atom. The van der Waals surface area contributed by atoms with Crippen LogP contribution in [0.15, 0.2) is 59.2 Å². The second-order valence-electron chi connectivity index (χ2n) is 9.45. The van der Waals surface area contributed by atoms with E-state index in [-0.39, 0.29) is 37.4 Å². The highest BCUT2D eigenvalue weighted by atomic mass is 35.5. The van der Waals surface area contributed by atoms with E-state index in [4.69, 9.17) is 30.2 Å². The Labute approximate surface area is 236 Å². The molecular formula is C28H30ClFN4O6. The molecule has 5 rings (SSSR count). The van der Waals surface area contributed by atoms with Crippen LogP contribution in [0.2, 0.25) is 5.02 Å². The predicted octanol–water partition coefficient (Wildman–Crippen LogP) is 4.20. The quantitative estimate of drug-likeness (QED) is 0.389. The van der Waals surface area contributed by atoms with Crippen molar-refractivity contribution in [3.05, 3.63) is 77.0 Å². The highest BCUT2D eigenvalue weighted by Gasteiger charge is 2.25. The first-order valence-electron chi connectivity index (χ1n) is 12.9. The number of nitrogens with zero attached hydrogens (tertiary/aromatic N) is 3. The molecule has 0 atom stereocenters. The fourth-order valence-corrected chi connectivity index (χ4v) is 4.64. The number of amides is 3. The molecule has 1 saturated heterocycles. The molecule has 0 unspecified atom stereocenters. The number of anilines is 1. The van der Waals surface area contributed by atoms with Crippen LogP contribution >= 0.6 is 11.6 Å². The average Bonchev–Trinajstić information content (AvgIpc) is 3.65. The van der Waals surface area contributed by atoms with Crippen molar-refractivity contribution in [3.8, 4) is 11.5 Å². The number of ether oxygens (including phenoxy) is 3. The first-order valence-corrected chi connectivity index (χ1v) is 13.3. The summed E-state index contributed by atoms with van der Waals surface area (Å²) in [6.45, 7) is 4.03. The molecular weight excluding hydrogens is 543 g/mol. The van der Waals surface area contributed by atoms with Gasteiger partial charge in [-0.05, 0) is 48.0 Å². The molecule has 0 spiro atoms. The van der Waals surface area contributed by atoms with E-state index in [9.17, 15) is 14.0 Å². The third-order valence-corrected chi connectivity index (χ3v) is 6.95. The van der Waals surface area contributed by atoms with Crippen molar-refractivity contribution < 1.29 is 32.6 Å². The molecule has 2 aliphatic heterocycles. The molecule has 1 fully saturated rings. The second-order valence-corrected chi connectivity index (χ2v) is 9.86. The molecule has 2 aromatic carbocycles. The second kappa shape index (κ2) is 13.0. The number of nitrogens with one attached hydrogen (secondary N) is 1. The van der Waals surface area contributed by atoms with Crippen LogP contribution < -0.4 is 14.8 Å². The number of hydrogen-bond donors (Lipinski definition) is 1. The van der Waals surface area contributed by atoms with Crippen LogP contribution in [-0.4, -0.2) is 79.4 Å². The van der Waals surface area contributed by atoms with Gasteiger partial charge in [-0.2, -0.15) is 0 Å². The van der Waals surface area contributed by atoms with Crippen molar-refractivity contribution in [2.45, 2.75) is 13.1 Å². The largest absolute Gasteiger partial charge is 0.467 e. The van der Waals surface area contributed by atoms with E-state index in [0.717, 1.165) is 18.7 Å². The van der Waals surface area contributed by atoms with E-state index < -0.39 is 11.8 Å². The lowest BCUT2D eigenvalue weighted by molar-refractivity contribution is -0.133. The summed E-state index contributed by atoms with van der Waals surface area (Å²) in [5, 5.41) is 2.63. The van der Waals surface area contributed by atoms with E-state index in [2.05, 4.69) is 10.2 Å². The third kappa shape index (κ3) is 7.23. The van der Waals surface area contributed by atoms with Gasteiger partial charge in [-0.25, -0.2) is 9.18 Å². The minimum atomic E-state index is -0.587. The van der Waals surface area contributed by atoms with Gasteiger partial charge in [0.25, 0.3) is 0 Å². The zero-order valence-corrected chi connectivity index (χ0v) is 22.6. The number of morpholine rings is 1. The predicted molar refractivity (Wildman–Crippen MR) is 145 cm³/mol. The number of hydrogen-bond acceptors (Lipinski definition) is 7. The summed E-state index contributed by atoms with van der Waals surface area (Å²) in [7, 11) is 0. The summed E-state index contributed by atoms with van der Waals surface area (Å²) in [4.78, 5) is 32.3. The molecule has 0 saturated carbocycles. The van der Waals surface area contributed by atoms with Gasteiger partial charge in [-0.15, -0.1) is 0 Å². The molecule has 3 amide bonds. The van der Waals surface area contributed by atoms with E-state index in [1.807, 2.05) is 18.2 Å². The normalized spacial score (nSPS) is 14.7. The molecule has 1 N–H and O–H groups in total. The first-order chi connectivity index (χ1) is 19.4. The zero-order chi connectivity index (χ0) is 27.9. The number of rotatable bonds is 10. The maximum Gasteiger partial charge on any atom is 0.322 e. The Kier molecular flexibility index (Phi) is 9.04. The van der Waals surface area contributed by atoms with E-state index in [0.29, 0.717) is 49.2 Å². The molecule has 1 aromatic heterocycles. The van der Waals surface area contributed by atoms with Crippen molar-refractivity contribution in [1.29, 1.82) is 0 Å². The molecule has 0 radical (unpaired) electrons. The van der Waals surface area contributed by atoms with Crippen LogP contribution in [0.4, 0.5) is 14.9 Å². The van der Waals surface area contributed by atoms with Crippen LogP contribution in [-0.2, 0) is 22.6 Å². The van der Waals surface area contributed by atoms with Crippen molar-refractivity contribution in [3.63, 3.8) is 0 Å². The fraction of sp³-hybridized carbons (Fsp3) is 0.357. The maximum absolute atomic E-state index is 13.7. The first kappa shape index (κ1) is 27.8. The third-order valence-electron chi connectivity index (χ3n) is 6.66. The van der Waals surface area contributed by atoms with Crippen molar-refractivity contribution >= 4 is 29.2 Å². The topological polar surface area (TPSA) is 96.7 Å². The fourth-order valence-electron chi connectivity index (χ4n) is 4.46. The number of urea groups is 1. The molecule has 0 aliphatic carbocycles. The summed E-state index contributed by atoms with van der Waals surface area (Å²) in [6, 6.07) is 12.5. The van der Waals surface area contributed by atoms with Crippen molar-refractivity contribution in [2.75, 3.05) is 58.0 Å². The Bertz CT molecular complexity index is 1320. The lowest BCUT2D eigenvalue weighted by atomic mass is 10.2. The minimum absolute atomic E-state index is 0.109. The average molecular weight is 573 g/mol. The Morgan fingerprint density at radius 3 is 2.60 bits per heavy atom. The summed E-state index contributed by atoms with van der Waals surface area (Å²) in [6.07, 6.45) is 1.55. The number of carbonyl (C=O) groups is 2. The van der Waals surface area contributed by atoms with Crippen molar-refractivity contribution in [1.82, 2.24) is 14.7 Å². The van der Waals surface area contributed by atoms with Gasteiger partial charge in [0.05, 0.1) is 31.0 Å². The summed E-state index contributed by atoms with van der Waals surface area (Å²) < 4.78 is 35.5.